The van der Waals surface area contributed by atoms with Crippen molar-refractivity contribution in [3.05, 3.63) is 117 Å². The van der Waals surface area contributed by atoms with Gasteiger partial charge in [0.15, 0.2) is 5.78 Å². The van der Waals surface area contributed by atoms with E-state index in [0.717, 1.165) is 11.1 Å². The summed E-state index contributed by atoms with van der Waals surface area (Å²) in [6.07, 6.45) is 5.18. The van der Waals surface area contributed by atoms with Gasteiger partial charge in [-0.15, -0.1) is 5.10 Å². The average molecular weight is 464 g/mol. The van der Waals surface area contributed by atoms with Crippen molar-refractivity contribution in [3.8, 4) is 5.75 Å². The minimum absolute atomic E-state index is 0.0642. The van der Waals surface area contributed by atoms with Gasteiger partial charge in [-0.1, -0.05) is 70.9 Å². The molecule has 0 spiro atoms. The molecule has 4 aromatic rings. The van der Waals surface area contributed by atoms with Gasteiger partial charge in [-0.2, -0.15) is 0 Å². The van der Waals surface area contributed by atoms with Crippen molar-refractivity contribution in [1.29, 1.82) is 0 Å². The Kier molecular flexibility index (Phi) is 7.00. The van der Waals surface area contributed by atoms with Crippen molar-refractivity contribution >= 4 is 35.1 Å². The lowest BCUT2D eigenvalue weighted by atomic mass is 10.1. The first-order valence-corrected chi connectivity index (χ1v) is 10.7. The van der Waals surface area contributed by atoms with Gasteiger partial charge in [0.05, 0.1) is 22.8 Å². The predicted molar refractivity (Wildman–Crippen MR) is 126 cm³/mol. The van der Waals surface area contributed by atoms with Crippen LogP contribution in [0.4, 0.5) is 0 Å². The second-order valence-corrected chi connectivity index (χ2v) is 7.89. The van der Waals surface area contributed by atoms with Crippen LogP contribution in [0.5, 0.6) is 5.75 Å². The molecular weight excluding hydrogens is 445 g/mol. The summed E-state index contributed by atoms with van der Waals surface area (Å²) in [5, 5.41) is 9.27. The molecule has 0 saturated carbocycles. The summed E-state index contributed by atoms with van der Waals surface area (Å²) < 4.78 is 7.48. The highest BCUT2D eigenvalue weighted by molar-refractivity contribution is 6.42. The lowest BCUT2D eigenvalue weighted by molar-refractivity contribution is 0.104. The molecule has 0 atom stereocenters. The lowest BCUT2D eigenvalue weighted by Gasteiger charge is -2.05. The van der Waals surface area contributed by atoms with Gasteiger partial charge >= 0.3 is 0 Å². The van der Waals surface area contributed by atoms with Crippen molar-refractivity contribution in [2.45, 2.75) is 13.2 Å². The minimum atomic E-state index is -0.0642. The highest BCUT2D eigenvalue weighted by Crippen LogP contribution is 2.23. The van der Waals surface area contributed by atoms with Gasteiger partial charge in [0, 0.05) is 5.56 Å². The Morgan fingerprint density at radius 1 is 0.969 bits per heavy atom. The van der Waals surface area contributed by atoms with Crippen LogP contribution in [0, 0.1) is 0 Å². The maximum atomic E-state index is 12.3. The Balaban J connectivity index is 1.31. The van der Waals surface area contributed by atoms with Crippen molar-refractivity contribution in [2.75, 3.05) is 0 Å². The largest absolute Gasteiger partial charge is 0.487 e. The number of rotatable bonds is 8. The molecule has 0 saturated heterocycles. The van der Waals surface area contributed by atoms with Crippen LogP contribution in [0.2, 0.25) is 10.0 Å². The summed E-state index contributed by atoms with van der Waals surface area (Å²) in [7, 11) is 0. The molecule has 0 fully saturated rings. The number of halogens is 2. The van der Waals surface area contributed by atoms with Crippen molar-refractivity contribution < 1.29 is 9.53 Å². The van der Waals surface area contributed by atoms with Crippen LogP contribution in [0.3, 0.4) is 0 Å². The average Bonchev–Trinajstić information content (AvgIpc) is 3.27. The first-order valence-electron chi connectivity index (χ1n) is 9.90. The molecular formula is C25H19Cl2N3O2. The smallest absolute Gasteiger partial charge is 0.185 e. The molecule has 160 valence electrons. The van der Waals surface area contributed by atoms with Crippen LogP contribution in [0.1, 0.15) is 27.2 Å². The fraction of sp³-hybridized carbons (Fsp3) is 0.0800. The lowest BCUT2D eigenvalue weighted by Crippen LogP contribution is -2.00. The van der Waals surface area contributed by atoms with E-state index in [9.17, 15) is 4.79 Å². The molecule has 0 bridgehead atoms. The van der Waals surface area contributed by atoms with Crippen LogP contribution in [0.15, 0.2) is 85.1 Å². The monoisotopic (exact) mass is 463 g/mol. The van der Waals surface area contributed by atoms with E-state index >= 15 is 0 Å². The fourth-order valence-corrected chi connectivity index (χ4v) is 3.33. The number of carbonyl (C=O) groups is 1. The number of hydrogen-bond donors (Lipinski definition) is 0. The highest BCUT2D eigenvalue weighted by Gasteiger charge is 2.06. The molecule has 4 rings (SSSR count). The topological polar surface area (TPSA) is 57.0 Å². The Morgan fingerprint density at radius 2 is 1.75 bits per heavy atom. The zero-order valence-corrected chi connectivity index (χ0v) is 18.5. The summed E-state index contributed by atoms with van der Waals surface area (Å²) in [5.74, 6) is 0.582. The van der Waals surface area contributed by atoms with E-state index in [1.807, 2.05) is 42.6 Å². The summed E-state index contributed by atoms with van der Waals surface area (Å²) in [6.45, 7) is 0.791. The summed E-state index contributed by atoms with van der Waals surface area (Å²) in [4.78, 5) is 12.3. The fourth-order valence-electron chi connectivity index (χ4n) is 3.01. The molecule has 1 aromatic heterocycles. The van der Waals surface area contributed by atoms with Crippen molar-refractivity contribution in [1.82, 2.24) is 15.0 Å². The zero-order valence-electron chi connectivity index (χ0n) is 17.0. The number of allylic oxidation sites excluding steroid dienone is 1. The van der Waals surface area contributed by atoms with E-state index in [1.165, 1.54) is 0 Å². The number of ketones is 1. The third-order valence-electron chi connectivity index (χ3n) is 4.67. The Bertz CT molecular complexity index is 1240. The number of benzene rings is 3. The van der Waals surface area contributed by atoms with Crippen LogP contribution < -0.4 is 4.74 Å². The maximum Gasteiger partial charge on any atom is 0.185 e. The normalized spacial score (nSPS) is 11.1. The standard InChI is InChI=1S/C25H19Cl2N3O2/c26-23-12-6-19(14-24(23)27)15-30-16-21(28-29-30)17-32-22-10-8-20(9-11-22)25(31)13-7-18-4-2-1-3-5-18/h1-14,16H,15,17H2/b13-7+. The molecule has 0 aliphatic carbocycles. The predicted octanol–water partition coefficient (Wildman–Crippen LogP) is 6.11. The number of nitrogens with zero attached hydrogens (tertiary/aromatic N) is 3. The summed E-state index contributed by atoms with van der Waals surface area (Å²) in [6, 6.07) is 22.2. The molecule has 32 heavy (non-hydrogen) atoms. The van der Waals surface area contributed by atoms with Crippen LogP contribution in [-0.4, -0.2) is 20.8 Å². The molecule has 0 N–H and O–H groups in total. The van der Waals surface area contributed by atoms with E-state index in [-0.39, 0.29) is 12.4 Å². The second-order valence-electron chi connectivity index (χ2n) is 7.08. The Labute approximate surface area is 195 Å². The molecule has 0 unspecified atom stereocenters. The Morgan fingerprint density at radius 3 is 2.50 bits per heavy atom. The van der Waals surface area contributed by atoms with Gasteiger partial charge in [-0.3, -0.25) is 4.79 Å². The van der Waals surface area contributed by atoms with Gasteiger partial charge in [0.1, 0.15) is 18.1 Å². The molecule has 0 aliphatic heterocycles. The minimum Gasteiger partial charge on any atom is -0.487 e. The van der Waals surface area contributed by atoms with E-state index in [0.29, 0.717) is 33.6 Å². The van der Waals surface area contributed by atoms with Crippen LogP contribution >= 0.6 is 23.2 Å². The van der Waals surface area contributed by atoms with Crippen molar-refractivity contribution in [3.63, 3.8) is 0 Å². The number of ether oxygens (including phenoxy) is 1. The van der Waals surface area contributed by atoms with Gasteiger partial charge in [0.25, 0.3) is 0 Å². The van der Waals surface area contributed by atoms with Crippen LogP contribution in [0.25, 0.3) is 6.08 Å². The quantitative estimate of drug-likeness (QED) is 0.233. The number of carbonyl (C=O) groups excluding carboxylic acids is 1. The summed E-state index contributed by atoms with van der Waals surface area (Å²) >= 11 is 12.0. The third-order valence-corrected chi connectivity index (χ3v) is 5.41. The maximum absolute atomic E-state index is 12.3. The molecule has 0 aliphatic rings. The van der Waals surface area contributed by atoms with E-state index in [2.05, 4.69) is 10.3 Å². The van der Waals surface area contributed by atoms with Gasteiger partial charge in [-0.25, -0.2) is 4.68 Å². The molecule has 7 heteroatoms. The first kappa shape index (κ1) is 21.8. The molecule has 5 nitrogen and oxygen atoms in total. The van der Waals surface area contributed by atoms with Gasteiger partial charge < -0.3 is 4.74 Å². The zero-order chi connectivity index (χ0) is 22.3. The Hall–Kier alpha value is -3.41. The first-order chi connectivity index (χ1) is 15.6. The van der Waals surface area contributed by atoms with Crippen LogP contribution in [-0.2, 0) is 13.2 Å². The molecule has 0 radical (unpaired) electrons. The van der Waals surface area contributed by atoms with Gasteiger partial charge in [-0.05, 0) is 53.6 Å². The molecule has 3 aromatic carbocycles. The number of aromatic nitrogens is 3. The van der Waals surface area contributed by atoms with E-state index < -0.39 is 0 Å². The SMILES string of the molecule is O=C(/C=C/c1ccccc1)c1ccc(OCc2cn(Cc3ccc(Cl)c(Cl)c3)nn2)cc1. The van der Waals surface area contributed by atoms with E-state index in [1.54, 1.807) is 53.2 Å². The van der Waals surface area contributed by atoms with Crippen molar-refractivity contribution in [2.24, 2.45) is 0 Å². The highest BCUT2D eigenvalue weighted by atomic mass is 35.5. The molecule has 0 amide bonds. The summed E-state index contributed by atoms with van der Waals surface area (Å²) in [5.41, 5.74) is 3.24. The molecule has 1 heterocycles. The van der Waals surface area contributed by atoms with E-state index in [4.69, 9.17) is 27.9 Å². The second kappa shape index (κ2) is 10.3. The van der Waals surface area contributed by atoms with Gasteiger partial charge in [0.2, 0.25) is 0 Å². The third kappa shape index (κ3) is 5.84. The number of hydrogen-bond acceptors (Lipinski definition) is 4.